The smallest absolute Gasteiger partial charge is 0.244 e. The number of thioether (sulfide) groups is 1. The van der Waals surface area contributed by atoms with Crippen LogP contribution in [0, 0.1) is 0 Å². The van der Waals surface area contributed by atoms with Crippen LogP contribution in [0.25, 0.3) is 6.08 Å². The Morgan fingerprint density at radius 2 is 2.38 bits per heavy atom. The lowest BCUT2D eigenvalue weighted by Crippen LogP contribution is -2.21. The van der Waals surface area contributed by atoms with E-state index in [0.717, 1.165) is 12.2 Å². The van der Waals surface area contributed by atoms with Crippen molar-refractivity contribution < 1.29 is 4.79 Å². The van der Waals surface area contributed by atoms with E-state index in [0.29, 0.717) is 17.5 Å². The molecular weight excluding hydrogens is 224 g/mol. The summed E-state index contributed by atoms with van der Waals surface area (Å²) >= 11 is 1.56. The van der Waals surface area contributed by atoms with Gasteiger partial charge in [-0.1, -0.05) is 25.6 Å². The molecule has 0 aliphatic heterocycles. The quantitative estimate of drug-likeness (QED) is 0.583. The van der Waals surface area contributed by atoms with E-state index >= 15 is 0 Å². The largest absolute Gasteiger partial charge is 0.353 e. The van der Waals surface area contributed by atoms with E-state index in [9.17, 15) is 4.79 Å². The van der Waals surface area contributed by atoms with Gasteiger partial charge < -0.3 is 5.32 Å². The first-order valence-electron chi connectivity index (χ1n) is 5.27. The predicted molar refractivity (Wildman–Crippen MR) is 65.1 cm³/mol. The van der Waals surface area contributed by atoms with Crippen molar-refractivity contribution in [2.75, 3.05) is 12.3 Å². The minimum Gasteiger partial charge on any atom is -0.353 e. The molecule has 0 unspecified atom stereocenters. The highest BCUT2D eigenvalue weighted by Gasteiger charge is 2.00. The Labute approximate surface area is 99.1 Å². The summed E-state index contributed by atoms with van der Waals surface area (Å²) in [5, 5.41) is 10.2. The Bertz CT molecular complexity index is 361. The average molecular weight is 240 g/mol. The van der Waals surface area contributed by atoms with Crippen LogP contribution in [0.3, 0.4) is 0 Å². The van der Waals surface area contributed by atoms with Crippen molar-refractivity contribution in [3.05, 3.63) is 11.9 Å². The first-order valence-corrected chi connectivity index (χ1v) is 6.26. The van der Waals surface area contributed by atoms with Gasteiger partial charge in [-0.15, -0.1) is 5.10 Å². The van der Waals surface area contributed by atoms with Gasteiger partial charge in [0, 0.05) is 12.6 Å². The molecule has 0 saturated heterocycles. The summed E-state index contributed by atoms with van der Waals surface area (Å²) < 4.78 is 0. The summed E-state index contributed by atoms with van der Waals surface area (Å²) in [5.41, 5.74) is 0. The Balaban J connectivity index is 2.45. The van der Waals surface area contributed by atoms with Crippen molar-refractivity contribution in [3.8, 4) is 0 Å². The van der Waals surface area contributed by atoms with Gasteiger partial charge in [-0.3, -0.25) is 9.89 Å². The Hall–Kier alpha value is -1.30. The van der Waals surface area contributed by atoms with Gasteiger partial charge in [-0.25, -0.2) is 4.98 Å². The second-order valence-electron chi connectivity index (χ2n) is 3.06. The van der Waals surface area contributed by atoms with Crippen molar-refractivity contribution in [2.45, 2.75) is 25.4 Å². The molecule has 0 fully saturated rings. The maximum atomic E-state index is 11.2. The summed E-state index contributed by atoms with van der Waals surface area (Å²) in [7, 11) is 0. The predicted octanol–water partition coefficient (Wildman–Crippen LogP) is 1.46. The lowest BCUT2D eigenvalue weighted by atomic mass is 10.4. The average Bonchev–Trinajstić information content (AvgIpc) is 2.72. The standard InChI is InChI=1S/C10H16N4OS/c1-3-7-11-9(15)6-5-8-12-10(14-13-8)16-4-2/h5-6H,3-4,7H2,1-2H3,(H,11,15)(H,12,13,14)/b6-5+. The van der Waals surface area contributed by atoms with Crippen LogP contribution in [0.4, 0.5) is 0 Å². The number of hydrogen-bond donors (Lipinski definition) is 2. The highest BCUT2D eigenvalue weighted by molar-refractivity contribution is 7.99. The second kappa shape index (κ2) is 7.05. The molecule has 0 saturated carbocycles. The molecule has 6 heteroatoms. The first kappa shape index (κ1) is 12.8. The Morgan fingerprint density at radius 1 is 1.56 bits per heavy atom. The summed E-state index contributed by atoms with van der Waals surface area (Å²) in [6.45, 7) is 4.74. The number of carbonyl (C=O) groups is 1. The van der Waals surface area contributed by atoms with Crippen LogP contribution in [-0.4, -0.2) is 33.4 Å². The van der Waals surface area contributed by atoms with E-state index in [2.05, 4.69) is 20.5 Å². The van der Waals surface area contributed by atoms with Crippen LogP contribution in [0.2, 0.25) is 0 Å². The van der Waals surface area contributed by atoms with Crippen molar-refractivity contribution in [1.82, 2.24) is 20.5 Å². The number of nitrogens with one attached hydrogen (secondary N) is 2. The molecule has 1 aromatic heterocycles. The molecule has 1 heterocycles. The van der Waals surface area contributed by atoms with E-state index in [1.54, 1.807) is 17.8 Å². The Morgan fingerprint density at radius 3 is 3.06 bits per heavy atom. The third kappa shape index (κ3) is 4.48. The number of H-pyrrole nitrogens is 1. The van der Waals surface area contributed by atoms with E-state index in [4.69, 9.17) is 0 Å². The van der Waals surface area contributed by atoms with Crippen LogP contribution in [0.5, 0.6) is 0 Å². The zero-order chi connectivity index (χ0) is 11.8. The SMILES string of the molecule is CCCNC(=O)/C=C/c1nc(SCC)n[nH]1. The number of carbonyl (C=O) groups excluding carboxylic acids is 1. The first-order chi connectivity index (χ1) is 7.76. The molecule has 0 atom stereocenters. The normalized spacial score (nSPS) is 10.9. The highest BCUT2D eigenvalue weighted by atomic mass is 32.2. The van der Waals surface area contributed by atoms with Gasteiger partial charge in [-0.05, 0) is 18.2 Å². The summed E-state index contributed by atoms with van der Waals surface area (Å²) in [6, 6.07) is 0. The molecular formula is C10H16N4OS. The summed E-state index contributed by atoms with van der Waals surface area (Å²) in [4.78, 5) is 15.4. The van der Waals surface area contributed by atoms with Gasteiger partial charge in [-0.2, -0.15) is 0 Å². The maximum absolute atomic E-state index is 11.2. The van der Waals surface area contributed by atoms with E-state index in [1.165, 1.54) is 6.08 Å². The second-order valence-corrected chi connectivity index (χ2v) is 4.29. The monoisotopic (exact) mass is 240 g/mol. The zero-order valence-electron chi connectivity index (χ0n) is 9.49. The number of rotatable bonds is 6. The third-order valence-corrected chi connectivity index (χ3v) is 2.43. The van der Waals surface area contributed by atoms with E-state index in [1.807, 2.05) is 13.8 Å². The zero-order valence-corrected chi connectivity index (χ0v) is 10.3. The van der Waals surface area contributed by atoms with Crippen LogP contribution in [0.15, 0.2) is 11.2 Å². The molecule has 5 nitrogen and oxygen atoms in total. The van der Waals surface area contributed by atoms with Gasteiger partial charge in [0.15, 0.2) is 0 Å². The third-order valence-electron chi connectivity index (χ3n) is 1.70. The number of aromatic nitrogens is 3. The summed E-state index contributed by atoms with van der Waals surface area (Å²) in [6.07, 6.45) is 4.01. The van der Waals surface area contributed by atoms with Gasteiger partial charge in [0.25, 0.3) is 0 Å². The molecule has 0 spiro atoms. The van der Waals surface area contributed by atoms with Crippen LogP contribution in [0.1, 0.15) is 26.1 Å². The lowest BCUT2D eigenvalue weighted by Gasteiger charge is -1.96. The van der Waals surface area contributed by atoms with Crippen LogP contribution < -0.4 is 5.32 Å². The fraction of sp³-hybridized carbons (Fsp3) is 0.500. The van der Waals surface area contributed by atoms with Crippen LogP contribution >= 0.6 is 11.8 Å². The number of aromatic amines is 1. The van der Waals surface area contributed by atoms with Gasteiger partial charge >= 0.3 is 0 Å². The molecule has 0 aromatic carbocycles. The molecule has 0 radical (unpaired) electrons. The maximum Gasteiger partial charge on any atom is 0.244 e. The highest BCUT2D eigenvalue weighted by Crippen LogP contribution is 2.11. The van der Waals surface area contributed by atoms with Gasteiger partial charge in [0.05, 0.1) is 0 Å². The number of hydrogen-bond acceptors (Lipinski definition) is 4. The topological polar surface area (TPSA) is 70.7 Å². The van der Waals surface area contributed by atoms with E-state index < -0.39 is 0 Å². The minimum absolute atomic E-state index is 0.108. The van der Waals surface area contributed by atoms with Crippen molar-refractivity contribution in [3.63, 3.8) is 0 Å². The van der Waals surface area contributed by atoms with Crippen molar-refractivity contribution >= 4 is 23.7 Å². The fourth-order valence-corrected chi connectivity index (χ4v) is 1.52. The number of amides is 1. The van der Waals surface area contributed by atoms with Crippen LogP contribution in [-0.2, 0) is 4.79 Å². The molecule has 1 rings (SSSR count). The van der Waals surface area contributed by atoms with Gasteiger partial charge in [0.2, 0.25) is 11.1 Å². The van der Waals surface area contributed by atoms with E-state index in [-0.39, 0.29) is 5.91 Å². The minimum atomic E-state index is -0.108. The van der Waals surface area contributed by atoms with Crippen molar-refractivity contribution in [1.29, 1.82) is 0 Å². The molecule has 0 bridgehead atoms. The molecule has 0 aliphatic carbocycles. The summed E-state index contributed by atoms with van der Waals surface area (Å²) in [5.74, 6) is 1.42. The molecule has 88 valence electrons. The lowest BCUT2D eigenvalue weighted by molar-refractivity contribution is -0.116. The number of nitrogens with zero attached hydrogens (tertiary/aromatic N) is 2. The molecule has 1 aromatic rings. The Kier molecular flexibility index (Phi) is 5.63. The van der Waals surface area contributed by atoms with Crippen molar-refractivity contribution in [2.24, 2.45) is 0 Å². The fourth-order valence-electron chi connectivity index (χ4n) is 0.988. The van der Waals surface area contributed by atoms with Gasteiger partial charge in [0.1, 0.15) is 5.82 Å². The molecule has 1 amide bonds. The molecule has 16 heavy (non-hydrogen) atoms. The molecule has 2 N–H and O–H groups in total. The molecule has 0 aliphatic rings.